The van der Waals surface area contributed by atoms with Crippen LogP contribution in [0.3, 0.4) is 0 Å². The van der Waals surface area contributed by atoms with Gasteiger partial charge in [0.05, 0.1) is 12.7 Å². The van der Waals surface area contributed by atoms with E-state index in [4.69, 9.17) is 11.6 Å². The van der Waals surface area contributed by atoms with E-state index >= 15 is 0 Å². The molecule has 1 aromatic carbocycles. The van der Waals surface area contributed by atoms with Gasteiger partial charge >= 0.3 is 11.9 Å². The summed E-state index contributed by atoms with van der Waals surface area (Å²) in [5.41, 5.74) is 0.794. The average molecular weight is 409 g/mol. The number of rotatable bonds is 3. The summed E-state index contributed by atoms with van der Waals surface area (Å²) < 4.78 is 41.2. The number of aryl methyl sites for hydroxylation is 1. The lowest BCUT2D eigenvalue weighted by atomic mass is 10.1. The van der Waals surface area contributed by atoms with Crippen molar-refractivity contribution in [2.24, 2.45) is 7.05 Å². The minimum absolute atomic E-state index is 0.0193. The van der Waals surface area contributed by atoms with Gasteiger partial charge in [-0.15, -0.1) is 0 Å². The summed E-state index contributed by atoms with van der Waals surface area (Å²) in [6.07, 6.45) is -2.14. The Hall–Kier alpha value is -3.14. The maximum absolute atomic E-state index is 12.8. The fourth-order valence-corrected chi connectivity index (χ4v) is 3.01. The van der Waals surface area contributed by atoms with Crippen molar-refractivity contribution in [2.75, 3.05) is 0 Å². The summed E-state index contributed by atoms with van der Waals surface area (Å²) in [5, 5.41) is 0.0193. The van der Waals surface area contributed by atoms with Crippen LogP contribution in [-0.2, 0) is 19.8 Å². The van der Waals surface area contributed by atoms with Gasteiger partial charge in [-0.1, -0.05) is 24.3 Å². The summed E-state index contributed by atoms with van der Waals surface area (Å²) in [4.78, 5) is 26.4. The van der Waals surface area contributed by atoms with E-state index < -0.39 is 11.9 Å². The number of imidazole rings is 2. The van der Waals surface area contributed by atoms with Gasteiger partial charge in [0.15, 0.2) is 11.3 Å². The highest BCUT2D eigenvalue weighted by atomic mass is 35.5. The average Bonchev–Trinajstić information content (AvgIpc) is 3.16. The zero-order valence-electron chi connectivity index (χ0n) is 14.3. The minimum Gasteiger partial charge on any atom is -0.333 e. The van der Waals surface area contributed by atoms with Gasteiger partial charge in [0.25, 0.3) is 0 Å². The zero-order chi connectivity index (χ0) is 20.1. The van der Waals surface area contributed by atoms with Crippen LogP contribution in [0.5, 0.6) is 0 Å². The third kappa shape index (κ3) is 3.26. The summed E-state index contributed by atoms with van der Waals surface area (Å²) in [6.45, 7) is 0.209. The van der Waals surface area contributed by atoms with Crippen molar-refractivity contribution < 1.29 is 13.2 Å². The number of aromatic amines is 1. The minimum atomic E-state index is -4.50. The maximum atomic E-state index is 12.8. The molecule has 144 valence electrons. The molecule has 0 fully saturated rings. The van der Waals surface area contributed by atoms with Crippen LogP contribution in [0.4, 0.5) is 13.2 Å². The molecule has 11 heteroatoms. The van der Waals surface area contributed by atoms with E-state index in [-0.39, 0.29) is 23.3 Å². The molecular formula is C17H12ClF3N6O. The van der Waals surface area contributed by atoms with Crippen molar-refractivity contribution in [2.45, 2.75) is 12.7 Å². The van der Waals surface area contributed by atoms with E-state index in [9.17, 15) is 18.0 Å². The normalized spacial score (nSPS) is 12.0. The van der Waals surface area contributed by atoms with Crippen LogP contribution >= 0.6 is 11.6 Å². The Morgan fingerprint density at radius 3 is 2.54 bits per heavy atom. The molecule has 0 aliphatic rings. The number of nitrogens with one attached hydrogen (secondary N) is 1. The predicted molar refractivity (Wildman–Crippen MR) is 95.9 cm³/mol. The maximum Gasteiger partial charge on any atom is 0.434 e. The van der Waals surface area contributed by atoms with Gasteiger partial charge in [-0.3, -0.25) is 4.57 Å². The Bertz CT molecular complexity index is 1220. The fraction of sp³-hybridized carbons (Fsp3) is 0.176. The Labute approximate surface area is 160 Å². The fourth-order valence-electron chi connectivity index (χ4n) is 2.88. The molecule has 3 heterocycles. The molecule has 0 spiro atoms. The van der Waals surface area contributed by atoms with Crippen LogP contribution in [0, 0.1) is 0 Å². The predicted octanol–water partition coefficient (Wildman–Crippen LogP) is 3.24. The van der Waals surface area contributed by atoms with Gasteiger partial charge in [-0.05, 0) is 17.2 Å². The Morgan fingerprint density at radius 1 is 1.18 bits per heavy atom. The van der Waals surface area contributed by atoms with Crippen molar-refractivity contribution in [3.8, 4) is 11.4 Å². The second-order valence-electron chi connectivity index (χ2n) is 6.15. The molecular weight excluding hydrogens is 397 g/mol. The molecule has 0 atom stereocenters. The first-order chi connectivity index (χ1) is 13.2. The summed E-state index contributed by atoms with van der Waals surface area (Å²) in [7, 11) is 1.50. The smallest absolute Gasteiger partial charge is 0.333 e. The largest absolute Gasteiger partial charge is 0.434 e. The molecule has 0 unspecified atom stereocenters. The molecule has 0 amide bonds. The number of hydrogen-bond acceptors (Lipinski definition) is 4. The molecule has 3 aromatic heterocycles. The van der Waals surface area contributed by atoms with Gasteiger partial charge < -0.3 is 9.55 Å². The lowest BCUT2D eigenvalue weighted by Crippen LogP contribution is -2.17. The van der Waals surface area contributed by atoms with Crippen LogP contribution in [0.1, 0.15) is 11.3 Å². The Kier molecular flexibility index (Phi) is 4.22. The molecule has 4 aromatic rings. The van der Waals surface area contributed by atoms with Gasteiger partial charge in [-0.2, -0.15) is 18.2 Å². The van der Waals surface area contributed by atoms with Crippen molar-refractivity contribution in [3.63, 3.8) is 0 Å². The van der Waals surface area contributed by atoms with Gasteiger partial charge in [0.1, 0.15) is 11.3 Å². The van der Waals surface area contributed by atoms with Crippen LogP contribution in [0.15, 0.2) is 41.5 Å². The lowest BCUT2D eigenvalue weighted by Gasteiger charge is -2.06. The van der Waals surface area contributed by atoms with Crippen molar-refractivity contribution in [1.29, 1.82) is 0 Å². The number of hydrogen-bond donors (Lipinski definition) is 1. The number of nitrogens with zero attached hydrogens (tertiary/aromatic N) is 5. The second kappa shape index (κ2) is 6.48. The van der Waals surface area contributed by atoms with E-state index in [1.807, 2.05) is 0 Å². The molecule has 0 radical (unpaired) electrons. The summed E-state index contributed by atoms with van der Waals surface area (Å²) in [6, 6.07) is 6.73. The SMILES string of the molecule is Cn1cc(C(F)(F)F)nc1-c1ccc(Cn2c(=O)[nH]c3cnc(Cl)nc32)cc1. The van der Waals surface area contributed by atoms with Gasteiger partial charge in [0, 0.05) is 18.8 Å². The van der Waals surface area contributed by atoms with Crippen molar-refractivity contribution >= 4 is 22.8 Å². The molecule has 7 nitrogen and oxygen atoms in total. The third-order valence-corrected chi connectivity index (χ3v) is 4.38. The number of H-pyrrole nitrogens is 1. The van der Waals surface area contributed by atoms with E-state index in [1.165, 1.54) is 22.4 Å². The van der Waals surface area contributed by atoms with Crippen LogP contribution in [-0.4, -0.2) is 29.1 Å². The number of fused-ring (bicyclic) bond motifs is 1. The molecule has 0 saturated heterocycles. The molecule has 0 aliphatic carbocycles. The van der Waals surface area contributed by atoms with E-state index in [0.717, 1.165) is 11.8 Å². The second-order valence-corrected chi connectivity index (χ2v) is 6.49. The Balaban J connectivity index is 1.65. The monoisotopic (exact) mass is 408 g/mol. The van der Waals surface area contributed by atoms with Crippen molar-refractivity contribution in [3.05, 3.63) is 63.7 Å². The summed E-state index contributed by atoms with van der Waals surface area (Å²) in [5.74, 6) is 0.197. The van der Waals surface area contributed by atoms with Crippen molar-refractivity contribution in [1.82, 2.24) is 29.1 Å². The lowest BCUT2D eigenvalue weighted by molar-refractivity contribution is -0.140. The van der Waals surface area contributed by atoms with Gasteiger partial charge in [0.2, 0.25) is 5.28 Å². The highest BCUT2D eigenvalue weighted by molar-refractivity contribution is 6.28. The highest BCUT2D eigenvalue weighted by Crippen LogP contribution is 2.30. The number of aromatic nitrogens is 6. The first-order valence-electron chi connectivity index (χ1n) is 8.03. The van der Waals surface area contributed by atoms with E-state index in [2.05, 4.69) is 19.9 Å². The topological polar surface area (TPSA) is 81.4 Å². The molecule has 0 aliphatic heterocycles. The van der Waals surface area contributed by atoms with E-state index in [0.29, 0.717) is 16.7 Å². The first kappa shape index (κ1) is 18.2. The molecule has 28 heavy (non-hydrogen) atoms. The molecule has 1 N–H and O–H groups in total. The third-order valence-electron chi connectivity index (χ3n) is 4.20. The molecule has 4 rings (SSSR count). The standard InChI is InChI=1S/C17H12ClF3N6O/c1-26-8-12(17(19,20)21)24-13(26)10-4-2-9(3-5-10)7-27-14-11(23-16(27)28)6-22-15(18)25-14/h2-6,8H,7H2,1H3,(H,23,28). The number of halogens is 4. The molecule has 0 bridgehead atoms. The van der Waals surface area contributed by atoms with E-state index in [1.54, 1.807) is 24.3 Å². The van der Waals surface area contributed by atoms with Crippen LogP contribution < -0.4 is 5.69 Å². The number of alkyl halides is 3. The summed E-state index contributed by atoms with van der Waals surface area (Å²) >= 11 is 5.80. The molecule has 0 saturated carbocycles. The Morgan fingerprint density at radius 2 is 1.89 bits per heavy atom. The highest BCUT2D eigenvalue weighted by Gasteiger charge is 2.34. The number of benzene rings is 1. The van der Waals surface area contributed by atoms with Crippen LogP contribution in [0.25, 0.3) is 22.6 Å². The quantitative estimate of drug-likeness (QED) is 0.528. The zero-order valence-corrected chi connectivity index (χ0v) is 15.1. The van der Waals surface area contributed by atoms with Crippen LogP contribution in [0.2, 0.25) is 5.28 Å². The van der Waals surface area contributed by atoms with Gasteiger partial charge in [-0.25, -0.2) is 14.8 Å². The first-order valence-corrected chi connectivity index (χ1v) is 8.41.